The predicted molar refractivity (Wildman–Crippen MR) is 108 cm³/mol. The number of ether oxygens (including phenoxy) is 1. The Morgan fingerprint density at radius 1 is 1.15 bits per heavy atom. The summed E-state index contributed by atoms with van der Waals surface area (Å²) in [5.74, 6) is 0.828. The van der Waals surface area contributed by atoms with Crippen LogP contribution in [-0.2, 0) is 11.3 Å². The van der Waals surface area contributed by atoms with Gasteiger partial charge in [0.25, 0.3) is 0 Å². The molecular formula is C22H27N3O2. The monoisotopic (exact) mass is 365 g/mol. The topological polar surface area (TPSA) is 47.4 Å². The molecule has 5 heteroatoms. The maximum Gasteiger partial charge on any atom is 0.227 e. The Bertz CT molecular complexity index is 901. The number of hydrogen-bond acceptors (Lipinski definition) is 3. The van der Waals surface area contributed by atoms with Crippen LogP contribution < -0.4 is 4.74 Å². The minimum Gasteiger partial charge on any atom is -0.494 e. The Hall–Kier alpha value is -2.82. The summed E-state index contributed by atoms with van der Waals surface area (Å²) in [6.07, 6.45) is 1.81. The van der Waals surface area contributed by atoms with Crippen LogP contribution in [0.1, 0.15) is 32.4 Å². The number of nitrogens with zero attached hydrogens (tertiary/aromatic N) is 3. The second-order valence-electron chi connectivity index (χ2n) is 6.91. The van der Waals surface area contributed by atoms with Gasteiger partial charge >= 0.3 is 0 Å². The minimum atomic E-state index is -0.141. The predicted octanol–water partition coefficient (Wildman–Crippen LogP) is 4.29. The fraction of sp³-hybridized carbons (Fsp3) is 0.364. The van der Waals surface area contributed by atoms with Gasteiger partial charge in [-0.3, -0.25) is 4.79 Å². The standard InChI is InChI=1S/C22H27N3O2/c1-5-27-19-12-10-18(11-13-19)17(3)24(4)22(26)16(2)14-25-15-23-20-8-6-7-9-21(20)25/h6-13,15-17H,5,14H2,1-4H3/t16-,17+/m0/s1. The first kappa shape index (κ1) is 19.0. The largest absolute Gasteiger partial charge is 0.494 e. The summed E-state index contributed by atoms with van der Waals surface area (Å²) in [4.78, 5) is 19.2. The number of hydrogen-bond donors (Lipinski definition) is 0. The van der Waals surface area contributed by atoms with Crippen molar-refractivity contribution in [2.45, 2.75) is 33.4 Å². The van der Waals surface area contributed by atoms with Crippen LogP contribution in [0.15, 0.2) is 54.9 Å². The lowest BCUT2D eigenvalue weighted by Gasteiger charge is -2.28. The smallest absolute Gasteiger partial charge is 0.227 e. The van der Waals surface area contributed by atoms with E-state index in [0.717, 1.165) is 22.3 Å². The van der Waals surface area contributed by atoms with Crippen LogP contribution in [0.4, 0.5) is 0 Å². The molecule has 0 bridgehead atoms. The lowest BCUT2D eigenvalue weighted by Crippen LogP contribution is -2.35. The molecule has 3 aromatic rings. The SMILES string of the molecule is CCOc1ccc([C@@H](C)N(C)C(=O)[C@@H](C)Cn2cnc3ccccc32)cc1. The molecule has 142 valence electrons. The van der Waals surface area contributed by atoms with Gasteiger partial charge in [0.1, 0.15) is 5.75 Å². The number of rotatable bonds is 7. The quantitative estimate of drug-likeness (QED) is 0.627. The Kier molecular flexibility index (Phi) is 5.79. The van der Waals surface area contributed by atoms with Gasteiger partial charge in [-0.05, 0) is 43.7 Å². The van der Waals surface area contributed by atoms with Crippen LogP contribution in [0.25, 0.3) is 11.0 Å². The number of carbonyl (C=O) groups is 1. The third-order valence-corrected chi connectivity index (χ3v) is 5.02. The summed E-state index contributed by atoms with van der Waals surface area (Å²) in [6, 6.07) is 15.9. The zero-order chi connectivity index (χ0) is 19.4. The Morgan fingerprint density at radius 2 is 1.85 bits per heavy atom. The molecule has 2 aromatic carbocycles. The summed E-state index contributed by atoms with van der Waals surface area (Å²) < 4.78 is 7.54. The molecule has 1 aromatic heterocycles. The third-order valence-electron chi connectivity index (χ3n) is 5.02. The Balaban J connectivity index is 1.68. The second-order valence-corrected chi connectivity index (χ2v) is 6.91. The van der Waals surface area contributed by atoms with Gasteiger partial charge in [-0.2, -0.15) is 0 Å². The molecule has 0 radical (unpaired) electrons. The lowest BCUT2D eigenvalue weighted by molar-refractivity contribution is -0.136. The highest BCUT2D eigenvalue weighted by atomic mass is 16.5. The van der Waals surface area contributed by atoms with E-state index in [1.54, 1.807) is 0 Å². The molecule has 0 spiro atoms. The van der Waals surface area contributed by atoms with Crippen LogP contribution >= 0.6 is 0 Å². The first-order chi connectivity index (χ1) is 13.0. The first-order valence-electron chi connectivity index (χ1n) is 9.40. The minimum absolute atomic E-state index is 0.00448. The van der Waals surface area contributed by atoms with Crippen molar-refractivity contribution in [2.24, 2.45) is 5.92 Å². The number of amides is 1. The van der Waals surface area contributed by atoms with E-state index in [-0.39, 0.29) is 17.9 Å². The van der Waals surface area contributed by atoms with Gasteiger partial charge < -0.3 is 14.2 Å². The maximum absolute atomic E-state index is 13.0. The summed E-state index contributed by atoms with van der Waals surface area (Å²) >= 11 is 0. The second kappa shape index (κ2) is 8.25. The number of aromatic nitrogens is 2. The summed E-state index contributed by atoms with van der Waals surface area (Å²) in [7, 11) is 1.87. The molecule has 0 aliphatic heterocycles. The van der Waals surface area contributed by atoms with E-state index in [4.69, 9.17) is 4.74 Å². The van der Waals surface area contributed by atoms with Crippen molar-refractivity contribution in [2.75, 3.05) is 13.7 Å². The van der Waals surface area contributed by atoms with Crippen molar-refractivity contribution in [3.05, 3.63) is 60.4 Å². The van der Waals surface area contributed by atoms with Gasteiger partial charge in [-0.25, -0.2) is 4.98 Å². The van der Waals surface area contributed by atoms with Crippen LogP contribution in [0, 0.1) is 5.92 Å². The highest BCUT2D eigenvalue weighted by Gasteiger charge is 2.23. The molecule has 0 aliphatic carbocycles. The van der Waals surface area contributed by atoms with Gasteiger partial charge in [0.05, 0.1) is 35.9 Å². The summed E-state index contributed by atoms with van der Waals surface area (Å²) in [6.45, 7) is 7.24. The molecule has 0 aliphatic rings. The molecule has 5 nitrogen and oxygen atoms in total. The molecule has 27 heavy (non-hydrogen) atoms. The summed E-state index contributed by atoms with van der Waals surface area (Å²) in [5.41, 5.74) is 3.10. The van der Waals surface area contributed by atoms with Crippen molar-refractivity contribution in [3.8, 4) is 5.75 Å². The molecule has 0 unspecified atom stereocenters. The highest BCUT2D eigenvalue weighted by molar-refractivity contribution is 5.79. The van der Waals surface area contributed by atoms with Gasteiger partial charge in [-0.15, -0.1) is 0 Å². The van der Waals surface area contributed by atoms with E-state index in [1.807, 2.05) is 92.1 Å². The van der Waals surface area contributed by atoms with E-state index in [2.05, 4.69) is 4.98 Å². The highest BCUT2D eigenvalue weighted by Crippen LogP contribution is 2.24. The number of fused-ring (bicyclic) bond motifs is 1. The van der Waals surface area contributed by atoms with Crippen LogP contribution in [0.5, 0.6) is 5.75 Å². The van der Waals surface area contributed by atoms with Crippen molar-refractivity contribution >= 4 is 16.9 Å². The van der Waals surface area contributed by atoms with E-state index in [9.17, 15) is 4.79 Å². The number of imidazole rings is 1. The average Bonchev–Trinajstić information content (AvgIpc) is 3.10. The van der Waals surface area contributed by atoms with E-state index in [0.29, 0.717) is 13.2 Å². The van der Waals surface area contributed by atoms with Crippen LogP contribution in [0.3, 0.4) is 0 Å². The molecule has 0 saturated carbocycles. The fourth-order valence-electron chi connectivity index (χ4n) is 3.30. The van der Waals surface area contributed by atoms with Crippen molar-refractivity contribution in [1.29, 1.82) is 0 Å². The van der Waals surface area contributed by atoms with E-state index < -0.39 is 0 Å². The molecular weight excluding hydrogens is 338 g/mol. The molecule has 0 fully saturated rings. The number of carbonyl (C=O) groups excluding carboxylic acids is 1. The van der Waals surface area contributed by atoms with Gasteiger partial charge in [0.15, 0.2) is 0 Å². The van der Waals surface area contributed by atoms with E-state index in [1.165, 1.54) is 0 Å². The van der Waals surface area contributed by atoms with E-state index >= 15 is 0 Å². The number of benzene rings is 2. The fourth-order valence-corrected chi connectivity index (χ4v) is 3.30. The Morgan fingerprint density at radius 3 is 2.56 bits per heavy atom. The molecule has 3 rings (SSSR count). The normalized spacial score (nSPS) is 13.3. The average molecular weight is 365 g/mol. The first-order valence-corrected chi connectivity index (χ1v) is 9.40. The Labute approximate surface area is 160 Å². The van der Waals surface area contributed by atoms with Gasteiger partial charge in [0, 0.05) is 13.6 Å². The summed E-state index contributed by atoms with van der Waals surface area (Å²) in [5, 5.41) is 0. The van der Waals surface area contributed by atoms with Crippen LogP contribution in [-0.4, -0.2) is 34.0 Å². The zero-order valence-electron chi connectivity index (χ0n) is 16.4. The zero-order valence-corrected chi connectivity index (χ0v) is 16.4. The van der Waals surface area contributed by atoms with Gasteiger partial charge in [0.2, 0.25) is 5.91 Å². The molecule has 0 N–H and O–H groups in total. The lowest BCUT2D eigenvalue weighted by atomic mass is 10.0. The number of para-hydroxylation sites is 2. The molecule has 1 amide bonds. The van der Waals surface area contributed by atoms with Crippen molar-refractivity contribution in [1.82, 2.24) is 14.5 Å². The van der Waals surface area contributed by atoms with Crippen LogP contribution in [0.2, 0.25) is 0 Å². The maximum atomic E-state index is 13.0. The third kappa shape index (κ3) is 4.13. The van der Waals surface area contributed by atoms with Crippen molar-refractivity contribution < 1.29 is 9.53 Å². The van der Waals surface area contributed by atoms with Crippen molar-refractivity contribution in [3.63, 3.8) is 0 Å². The molecule has 1 heterocycles. The van der Waals surface area contributed by atoms with Gasteiger partial charge in [-0.1, -0.05) is 31.2 Å². The molecule has 0 saturated heterocycles. The molecule has 2 atom stereocenters.